The molecule has 0 saturated heterocycles. The fourth-order valence-electron chi connectivity index (χ4n) is 3.86. The number of amides is 3. The summed E-state index contributed by atoms with van der Waals surface area (Å²) in [6.07, 6.45) is 1.53. The van der Waals surface area contributed by atoms with Crippen LogP contribution in [-0.4, -0.2) is 53.0 Å². The highest BCUT2D eigenvalue weighted by molar-refractivity contribution is 7.10. The van der Waals surface area contributed by atoms with E-state index >= 15 is 0 Å². The van der Waals surface area contributed by atoms with E-state index in [9.17, 15) is 14.0 Å². The normalized spacial score (nSPS) is 16.7. The van der Waals surface area contributed by atoms with Crippen molar-refractivity contribution in [2.45, 2.75) is 65.1 Å². The van der Waals surface area contributed by atoms with Crippen molar-refractivity contribution in [3.05, 3.63) is 52.0 Å². The molecular formula is C25H34FN3O3S. The lowest BCUT2D eigenvalue weighted by molar-refractivity contribution is -0.136. The van der Waals surface area contributed by atoms with E-state index in [1.807, 2.05) is 51.0 Å². The lowest BCUT2D eigenvalue weighted by atomic mass is 10.00. The summed E-state index contributed by atoms with van der Waals surface area (Å²) in [5.41, 5.74) is 0.685. The first-order valence-electron chi connectivity index (χ1n) is 11.4. The Hall–Kier alpha value is -2.61. The van der Waals surface area contributed by atoms with E-state index in [0.29, 0.717) is 12.3 Å². The van der Waals surface area contributed by atoms with Crippen molar-refractivity contribution in [1.82, 2.24) is 15.1 Å². The third-order valence-electron chi connectivity index (χ3n) is 5.81. The summed E-state index contributed by atoms with van der Waals surface area (Å²) in [7, 11) is 0. The molecule has 1 N–H and O–H groups in total. The number of benzene rings is 1. The summed E-state index contributed by atoms with van der Waals surface area (Å²) in [6, 6.07) is 7.34. The second kappa shape index (κ2) is 10.5. The number of nitrogens with one attached hydrogen (secondary N) is 1. The molecule has 3 amide bonds. The summed E-state index contributed by atoms with van der Waals surface area (Å²) in [6.45, 7) is 10.6. The highest BCUT2D eigenvalue weighted by atomic mass is 32.1. The predicted molar refractivity (Wildman–Crippen MR) is 129 cm³/mol. The van der Waals surface area contributed by atoms with Crippen LogP contribution in [0.3, 0.4) is 0 Å². The number of nitrogens with zero attached hydrogens (tertiary/aromatic N) is 2. The molecule has 0 saturated carbocycles. The van der Waals surface area contributed by atoms with Crippen LogP contribution in [0.5, 0.6) is 5.75 Å². The topological polar surface area (TPSA) is 61.9 Å². The Balaban J connectivity index is 1.78. The monoisotopic (exact) mass is 475 g/mol. The minimum absolute atomic E-state index is 0.00341. The summed E-state index contributed by atoms with van der Waals surface area (Å²) < 4.78 is 19.2. The van der Waals surface area contributed by atoms with E-state index in [4.69, 9.17) is 4.74 Å². The quantitative estimate of drug-likeness (QED) is 0.613. The van der Waals surface area contributed by atoms with Gasteiger partial charge in [-0.1, -0.05) is 6.92 Å². The summed E-state index contributed by atoms with van der Waals surface area (Å²) in [5.74, 6) is 0.122. The van der Waals surface area contributed by atoms with Crippen molar-refractivity contribution >= 4 is 23.3 Å². The molecule has 0 aliphatic carbocycles. The number of halogens is 1. The Labute approximate surface area is 199 Å². The van der Waals surface area contributed by atoms with Crippen LogP contribution >= 0.6 is 11.3 Å². The molecule has 0 unspecified atom stereocenters. The van der Waals surface area contributed by atoms with Gasteiger partial charge in [0, 0.05) is 23.0 Å². The maximum Gasteiger partial charge on any atom is 0.318 e. The van der Waals surface area contributed by atoms with Crippen molar-refractivity contribution < 1.29 is 18.7 Å². The van der Waals surface area contributed by atoms with E-state index in [1.165, 1.54) is 17.0 Å². The van der Waals surface area contributed by atoms with Crippen LogP contribution in [0, 0.1) is 5.82 Å². The van der Waals surface area contributed by atoms with Crippen molar-refractivity contribution in [2.24, 2.45) is 0 Å². The molecule has 1 aromatic heterocycles. The van der Waals surface area contributed by atoms with Gasteiger partial charge in [-0.3, -0.25) is 4.79 Å². The van der Waals surface area contributed by atoms with Gasteiger partial charge >= 0.3 is 6.03 Å². The minimum Gasteiger partial charge on any atom is -0.491 e. The van der Waals surface area contributed by atoms with Gasteiger partial charge in [0.2, 0.25) is 5.91 Å². The van der Waals surface area contributed by atoms with Crippen LogP contribution in [0.4, 0.5) is 9.18 Å². The van der Waals surface area contributed by atoms with Crippen LogP contribution in [0.2, 0.25) is 0 Å². The van der Waals surface area contributed by atoms with Crippen molar-refractivity contribution in [3.63, 3.8) is 0 Å². The maximum absolute atomic E-state index is 13.5. The Bertz CT molecular complexity index is 955. The molecule has 1 aliphatic heterocycles. The molecule has 1 aromatic carbocycles. The number of ether oxygens (including phenoxy) is 1. The minimum atomic E-state index is -0.395. The van der Waals surface area contributed by atoms with Crippen molar-refractivity contribution in [2.75, 3.05) is 19.7 Å². The van der Waals surface area contributed by atoms with E-state index in [0.717, 1.165) is 18.4 Å². The highest BCUT2D eigenvalue weighted by Gasteiger charge is 2.34. The fourth-order valence-corrected chi connectivity index (χ4v) is 4.79. The zero-order chi connectivity index (χ0) is 24.2. The number of carbonyl (C=O) groups is 2. The third kappa shape index (κ3) is 6.47. The molecule has 0 fully saturated rings. The van der Waals surface area contributed by atoms with Crippen LogP contribution in [-0.2, 0) is 11.2 Å². The lowest BCUT2D eigenvalue weighted by Gasteiger charge is -2.38. The number of urea groups is 1. The molecule has 8 heteroatoms. The third-order valence-corrected chi connectivity index (χ3v) is 6.80. The zero-order valence-corrected chi connectivity index (χ0v) is 20.9. The molecule has 2 heterocycles. The van der Waals surface area contributed by atoms with Gasteiger partial charge in [-0.25, -0.2) is 9.18 Å². The van der Waals surface area contributed by atoms with Crippen LogP contribution in [0.25, 0.3) is 0 Å². The molecule has 33 heavy (non-hydrogen) atoms. The van der Waals surface area contributed by atoms with Crippen molar-refractivity contribution in [3.8, 4) is 5.75 Å². The number of rotatable bonds is 7. The SMILES string of the molecule is CC[C@H](C)N(CC(=O)N1CCc2sccc2[C@H]1COc1ccc(F)cc1)C(=O)NC(C)(C)C. The van der Waals surface area contributed by atoms with Gasteiger partial charge in [-0.05, 0) is 81.8 Å². The molecule has 6 nitrogen and oxygen atoms in total. The number of hydrogen-bond donors (Lipinski definition) is 1. The molecular weight excluding hydrogens is 441 g/mol. The molecule has 0 bridgehead atoms. The Morgan fingerprint density at radius 2 is 1.97 bits per heavy atom. The van der Waals surface area contributed by atoms with E-state index in [1.54, 1.807) is 28.4 Å². The largest absolute Gasteiger partial charge is 0.491 e. The van der Waals surface area contributed by atoms with Gasteiger partial charge in [-0.2, -0.15) is 0 Å². The Morgan fingerprint density at radius 1 is 1.27 bits per heavy atom. The standard InChI is InChI=1S/C25H34FN3O3S/c1-6-17(2)29(24(31)27-25(3,4)5)15-23(30)28-13-11-22-20(12-14-33-22)21(28)16-32-19-9-7-18(26)8-10-19/h7-10,12,14,17,21H,6,11,13,15-16H2,1-5H3,(H,27,31)/t17-,21+/m0/s1. The highest BCUT2D eigenvalue weighted by Crippen LogP contribution is 2.34. The second-order valence-corrected chi connectivity index (χ2v) is 10.5. The van der Waals surface area contributed by atoms with Gasteiger partial charge in [-0.15, -0.1) is 11.3 Å². The van der Waals surface area contributed by atoms with E-state index in [2.05, 4.69) is 5.32 Å². The number of hydrogen-bond acceptors (Lipinski definition) is 4. The Kier molecular flexibility index (Phi) is 8.00. The Morgan fingerprint density at radius 3 is 2.61 bits per heavy atom. The van der Waals surface area contributed by atoms with E-state index < -0.39 is 5.54 Å². The number of fused-ring (bicyclic) bond motifs is 1. The van der Waals surface area contributed by atoms with E-state index in [-0.39, 0.29) is 43.0 Å². The van der Waals surface area contributed by atoms with Crippen molar-refractivity contribution in [1.29, 1.82) is 0 Å². The maximum atomic E-state index is 13.5. The molecule has 0 spiro atoms. The first-order chi connectivity index (χ1) is 15.6. The smallest absolute Gasteiger partial charge is 0.318 e. The van der Waals surface area contributed by atoms with Gasteiger partial charge < -0.3 is 19.9 Å². The van der Waals surface area contributed by atoms with Crippen LogP contribution in [0.1, 0.15) is 57.5 Å². The van der Waals surface area contributed by atoms with Gasteiger partial charge in [0.1, 0.15) is 24.7 Å². The van der Waals surface area contributed by atoms with Gasteiger partial charge in [0.25, 0.3) is 0 Å². The lowest BCUT2D eigenvalue weighted by Crippen LogP contribution is -2.55. The first-order valence-corrected chi connectivity index (χ1v) is 12.3. The average Bonchev–Trinajstić information content (AvgIpc) is 3.24. The number of thiophene rings is 1. The zero-order valence-electron chi connectivity index (χ0n) is 20.1. The first kappa shape index (κ1) is 25.0. The van der Waals surface area contributed by atoms with Gasteiger partial charge in [0.15, 0.2) is 0 Å². The second-order valence-electron chi connectivity index (χ2n) is 9.48. The average molecular weight is 476 g/mol. The fraction of sp³-hybridized carbons (Fsp3) is 0.520. The van der Waals surface area contributed by atoms with Crippen LogP contribution in [0.15, 0.2) is 35.7 Å². The molecule has 2 atom stereocenters. The molecule has 2 aromatic rings. The molecule has 0 radical (unpaired) electrons. The number of carbonyl (C=O) groups excluding carboxylic acids is 2. The molecule has 3 rings (SSSR count). The summed E-state index contributed by atoms with van der Waals surface area (Å²) in [5, 5.41) is 5.01. The summed E-state index contributed by atoms with van der Waals surface area (Å²) >= 11 is 1.68. The summed E-state index contributed by atoms with van der Waals surface area (Å²) in [4.78, 5) is 31.1. The van der Waals surface area contributed by atoms with Gasteiger partial charge in [0.05, 0.1) is 6.04 Å². The van der Waals surface area contributed by atoms with Crippen LogP contribution < -0.4 is 10.1 Å². The molecule has 1 aliphatic rings. The predicted octanol–water partition coefficient (Wildman–Crippen LogP) is 5.00. The molecule has 180 valence electrons.